The van der Waals surface area contributed by atoms with Gasteiger partial charge in [-0.1, -0.05) is 51.8 Å². The van der Waals surface area contributed by atoms with Gasteiger partial charge in [0.2, 0.25) is 5.72 Å². The molecule has 3 unspecified atom stereocenters. The summed E-state index contributed by atoms with van der Waals surface area (Å²) in [7, 11) is 0. The van der Waals surface area contributed by atoms with Gasteiger partial charge in [-0.3, -0.25) is 4.79 Å². The number of aliphatic hydroxyl groups is 1. The molecular weight excluding hydrogens is 465 g/mol. The Morgan fingerprint density at radius 1 is 1.11 bits per heavy atom. The zero-order valence-electron chi connectivity index (χ0n) is 13.9. The Kier molecular flexibility index (Phi) is 5.44. The lowest BCUT2D eigenvalue weighted by Gasteiger charge is -2.45. The molecule has 148 valence electrons. The number of carbonyl (C=O) groups excluding carboxylic acids is 2. The molecule has 1 aliphatic rings. The summed E-state index contributed by atoms with van der Waals surface area (Å²) < 4.78 is 41.9. The van der Waals surface area contributed by atoms with Gasteiger partial charge in [0.25, 0.3) is 0 Å². The van der Waals surface area contributed by atoms with Crippen LogP contribution in [0.3, 0.4) is 0 Å². The number of ketones is 1. The van der Waals surface area contributed by atoms with Gasteiger partial charge in [0.1, 0.15) is 5.92 Å². The number of Topliss-reactive ketones (excluding diaryl/α,β-unsaturated/α-hetero) is 1. The van der Waals surface area contributed by atoms with Crippen LogP contribution in [0.15, 0.2) is 53.0 Å². The zero-order chi connectivity index (χ0) is 20.7. The van der Waals surface area contributed by atoms with Crippen LogP contribution in [-0.2, 0) is 0 Å². The van der Waals surface area contributed by atoms with Crippen LogP contribution in [-0.4, -0.2) is 28.8 Å². The highest BCUT2D eigenvalue weighted by Crippen LogP contribution is 2.44. The summed E-state index contributed by atoms with van der Waals surface area (Å²) >= 11 is 9.00. The van der Waals surface area contributed by atoms with Crippen molar-refractivity contribution in [2.24, 2.45) is 5.92 Å². The van der Waals surface area contributed by atoms with E-state index >= 15 is 0 Å². The molecule has 3 atom stereocenters. The van der Waals surface area contributed by atoms with Crippen molar-refractivity contribution in [3.05, 3.63) is 69.2 Å². The summed E-state index contributed by atoms with van der Waals surface area (Å²) in [5.41, 5.74) is -3.62. The second-order valence-electron chi connectivity index (χ2n) is 6.24. The predicted molar refractivity (Wildman–Crippen MR) is 98.8 cm³/mol. The molecule has 3 N–H and O–H groups in total. The molecule has 0 radical (unpaired) electrons. The molecule has 1 fully saturated rings. The number of urea groups is 1. The molecule has 3 rings (SSSR count). The van der Waals surface area contributed by atoms with Crippen molar-refractivity contribution in [2.45, 2.75) is 17.9 Å². The molecule has 2 aromatic carbocycles. The van der Waals surface area contributed by atoms with Gasteiger partial charge in [0.15, 0.2) is 5.78 Å². The second-order valence-corrected chi connectivity index (χ2v) is 7.59. The third kappa shape index (κ3) is 3.74. The molecule has 10 heteroatoms. The predicted octanol–water partition coefficient (Wildman–Crippen LogP) is 4.21. The van der Waals surface area contributed by atoms with E-state index in [0.717, 1.165) is 0 Å². The minimum atomic E-state index is -5.30. The van der Waals surface area contributed by atoms with Crippen LogP contribution in [0.5, 0.6) is 0 Å². The van der Waals surface area contributed by atoms with Crippen molar-refractivity contribution in [1.29, 1.82) is 0 Å². The maximum atomic E-state index is 13.8. The fraction of sp³-hybridized carbons (Fsp3) is 0.222. The fourth-order valence-corrected chi connectivity index (χ4v) is 3.47. The van der Waals surface area contributed by atoms with Gasteiger partial charge >= 0.3 is 12.2 Å². The van der Waals surface area contributed by atoms with E-state index in [-0.39, 0.29) is 11.1 Å². The van der Waals surface area contributed by atoms with Gasteiger partial charge in [-0.15, -0.1) is 0 Å². The molecule has 2 amide bonds. The largest absolute Gasteiger partial charge is 0.437 e. The Morgan fingerprint density at radius 2 is 1.68 bits per heavy atom. The number of hydrogen-bond donors (Lipinski definition) is 3. The quantitative estimate of drug-likeness (QED) is 0.580. The number of hydrogen-bond acceptors (Lipinski definition) is 3. The fourth-order valence-electron chi connectivity index (χ4n) is 3.08. The van der Waals surface area contributed by atoms with Gasteiger partial charge in [-0.25, -0.2) is 4.79 Å². The molecule has 0 aliphatic carbocycles. The Labute approximate surface area is 171 Å². The Morgan fingerprint density at radius 3 is 2.21 bits per heavy atom. The minimum Gasteiger partial charge on any atom is -0.363 e. The number of benzene rings is 2. The van der Waals surface area contributed by atoms with E-state index < -0.39 is 35.7 Å². The Bertz CT molecular complexity index is 906. The molecule has 28 heavy (non-hydrogen) atoms. The monoisotopic (exact) mass is 476 g/mol. The molecular formula is C18H13BrClF3N2O3. The van der Waals surface area contributed by atoms with E-state index in [0.29, 0.717) is 9.50 Å². The lowest BCUT2D eigenvalue weighted by Crippen LogP contribution is -2.72. The molecule has 0 spiro atoms. The average Bonchev–Trinajstić information content (AvgIpc) is 2.61. The second kappa shape index (κ2) is 7.38. The molecule has 0 bridgehead atoms. The molecule has 1 saturated heterocycles. The van der Waals surface area contributed by atoms with Gasteiger partial charge in [-0.2, -0.15) is 13.2 Å². The van der Waals surface area contributed by atoms with E-state index in [1.54, 1.807) is 0 Å². The summed E-state index contributed by atoms with van der Waals surface area (Å²) in [6.07, 6.45) is -5.30. The van der Waals surface area contributed by atoms with E-state index in [9.17, 15) is 27.9 Å². The molecule has 1 heterocycles. The van der Waals surface area contributed by atoms with Crippen LogP contribution in [0.25, 0.3) is 0 Å². The number of halogens is 5. The van der Waals surface area contributed by atoms with E-state index in [1.165, 1.54) is 53.8 Å². The summed E-state index contributed by atoms with van der Waals surface area (Å²) in [5.74, 6) is -3.06. The van der Waals surface area contributed by atoms with Gasteiger partial charge in [-0.05, 0) is 29.8 Å². The molecule has 5 nitrogen and oxygen atoms in total. The van der Waals surface area contributed by atoms with Crippen LogP contribution in [0.2, 0.25) is 5.02 Å². The molecule has 1 aliphatic heterocycles. The first-order valence-electron chi connectivity index (χ1n) is 7.96. The van der Waals surface area contributed by atoms with E-state index in [4.69, 9.17) is 11.6 Å². The third-order valence-corrected chi connectivity index (χ3v) is 5.23. The van der Waals surface area contributed by atoms with Crippen LogP contribution in [0, 0.1) is 5.92 Å². The van der Waals surface area contributed by atoms with Crippen LogP contribution < -0.4 is 10.6 Å². The first-order valence-corrected chi connectivity index (χ1v) is 9.13. The standard InChI is InChI=1S/C18H13BrClF3N2O3/c19-11-5-1-10(2-6-11)15(26)13-14(9-3-7-12(20)8-4-9)24-16(27)25-17(13,28)18(21,22)23/h1-8,13-14,28H,(H2,24,25,27). The number of nitrogens with one attached hydrogen (secondary N) is 2. The third-order valence-electron chi connectivity index (χ3n) is 4.45. The summed E-state index contributed by atoms with van der Waals surface area (Å²) in [6, 6.07) is 8.56. The molecule has 2 aromatic rings. The lowest BCUT2D eigenvalue weighted by molar-refractivity contribution is -0.287. The van der Waals surface area contributed by atoms with Gasteiger partial charge in [0.05, 0.1) is 6.04 Å². The van der Waals surface area contributed by atoms with E-state index in [1.807, 2.05) is 0 Å². The summed E-state index contributed by atoms with van der Waals surface area (Å²) in [4.78, 5) is 24.9. The van der Waals surface area contributed by atoms with Crippen molar-refractivity contribution in [1.82, 2.24) is 10.6 Å². The number of rotatable bonds is 3. The maximum Gasteiger partial charge on any atom is 0.437 e. The normalized spacial score (nSPS) is 25.0. The molecule has 0 aromatic heterocycles. The molecule has 0 saturated carbocycles. The Balaban J connectivity index is 2.15. The highest BCUT2D eigenvalue weighted by Gasteiger charge is 2.66. The van der Waals surface area contributed by atoms with Crippen LogP contribution >= 0.6 is 27.5 Å². The smallest absolute Gasteiger partial charge is 0.363 e. The van der Waals surface area contributed by atoms with Gasteiger partial charge < -0.3 is 15.7 Å². The SMILES string of the molecule is O=C1NC(c2ccc(Cl)cc2)C(C(=O)c2ccc(Br)cc2)C(O)(C(F)(F)F)N1. The van der Waals surface area contributed by atoms with Crippen molar-refractivity contribution < 1.29 is 27.9 Å². The topological polar surface area (TPSA) is 78.4 Å². The van der Waals surface area contributed by atoms with Crippen molar-refractivity contribution in [3.8, 4) is 0 Å². The van der Waals surface area contributed by atoms with Gasteiger partial charge in [0, 0.05) is 15.1 Å². The minimum absolute atomic E-state index is 0.0483. The van der Waals surface area contributed by atoms with Crippen molar-refractivity contribution in [3.63, 3.8) is 0 Å². The highest BCUT2D eigenvalue weighted by atomic mass is 79.9. The van der Waals surface area contributed by atoms with Crippen molar-refractivity contribution >= 4 is 39.3 Å². The first-order chi connectivity index (χ1) is 13.0. The summed E-state index contributed by atoms with van der Waals surface area (Å²) in [5, 5.41) is 14.6. The van der Waals surface area contributed by atoms with Crippen LogP contribution in [0.4, 0.5) is 18.0 Å². The number of carbonyl (C=O) groups is 2. The average molecular weight is 478 g/mol. The maximum absolute atomic E-state index is 13.8. The highest BCUT2D eigenvalue weighted by molar-refractivity contribution is 9.10. The van der Waals surface area contributed by atoms with Crippen molar-refractivity contribution in [2.75, 3.05) is 0 Å². The van der Waals surface area contributed by atoms with Crippen LogP contribution in [0.1, 0.15) is 22.0 Å². The number of alkyl halides is 3. The Hall–Kier alpha value is -2.10. The first kappa shape index (κ1) is 20.6. The summed E-state index contributed by atoms with van der Waals surface area (Å²) in [6.45, 7) is 0. The van der Waals surface area contributed by atoms with E-state index in [2.05, 4.69) is 21.2 Å². The lowest BCUT2D eigenvalue weighted by atomic mass is 9.77. The number of amides is 2. The zero-order valence-corrected chi connectivity index (χ0v) is 16.3.